The molecule has 1 aromatic heterocycles. The molecule has 0 amide bonds. The van der Waals surface area contributed by atoms with Gasteiger partial charge >= 0.3 is 5.97 Å². The van der Waals surface area contributed by atoms with Crippen LogP contribution in [0.1, 0.15) is 58.1 Å². The molecule has 0 saturated heterocycles. The first-order valence-electron chi connectivity index (χ1n) is 8.58. The number of hydrogen-bond acceptors (Lipinski definition) is 4. The van der Waals surface area contributed by atoms with Gasteiger partial charge in [-0.15, -0.1) is 0 Å². The van der Waals surface area contributed by atoms with Crippen LogP contribution < -0.4 is 10.2 Å². The van der Waals surface area contributed by atoms with Gasteiger partial charge < -0.3 is 14.0 Å². The van der Waals surface area contributed by atoms with E-state index in [2.05, 4.69) is 6.92 Å². The van der Waals surface area contributed by atoms with E-state index in [0.717, 1.165) is 19.3 Å². The Morgan fingerprint density at radius 1 is 1.17 bits per heavy atom. The maximum absolute atomic E-state index is 12.0. The predicted octanol–water partition coefficient (Wildman–Crippen LogP) is 3.46. The summed E-state index contributed by atoms with van der Waals surface area (Å²) in [6.07, 6.45) is 7.40. The van der Waals surface area contributed by atoms with Crippen molar-refractivity contribution in [1.82, 2.24) is 4.57 Å². The van der Waals surface area contributed by atoms with E-state index in [4.69, 9.17) is 9.47 Å². The van der Waals surface area contributed by atoms with E-state index in [1.807, 2.05) is 11.5 Å². The van der Waals surface area contributed by atoms with E-state index >= 15 is 0 Å². The lowest BCUT2D eigenvalue weighted by Gasteiger charge is -2.14. The van der Waals surface area contributed by atoms with Crippen molar-refractivity contribution in [3.8, 4) is 5.75 Å². The Hall–Kier alpha value is -1.62. The fraction of sp³-hybridized carbons (Fsp3) is 0.667. The molecule has 0 spiro atoms. The molecule has 1 aromatic rings. The summed E-state index contributed by atoms with van der Waals surface area (Å²) in [5.41, 5.74) is 0.408. The first-order chi connectivity index (χ1) is 11.1. The second-order valence-electron chi connectivity index (χ2n) is 5.62. The Balaban J connectivity index is 2.59. The Kier molecular flexibility index (Phi) is 9.29. The topological polar surface area (TPSA) is 57.5 Å². The zero-order valence-electron chi connectivity index (χ0n) is 14.6. The molecule has 23 heavy (non-hydrogen) atoms. The third-order valence-corrected chi connectivity index (χ3v) is 3.77. The maximum atomic E-state index is 12.0. The van der Waals surface area contributed by atoms with Crippen LogP contribution in [0.25, 0.3) is 0 Å². The number of esters is 1. The van der Waals surface area contributed by atoms with E-state index in [0.29, 0.717) is 31.9 Å². The molecule has 5 heteroatoms. The van der Waals surface area contributed by atoms with Gasteiger partial charge in [0.2, 0.25) is 5.43 Å². The highest BCUT2D eigenvalue weighted by atomic mass is 16.5. The second-order valence-corrected chi connectivity index (χ2v) is 5.62. The summed E-state index contributed by atoms with van der Waals surface area (Å²) in [7, 11) is 0. The molecule has 130 valence electrons. The Bertz CT molecular complexity index is 536. The van der Waals surface area contributed by atoms with Gasteiger partial charge in [-0.25, -0.2) is 0 Å². The zero-order valence-corrected chi connectivity index (χ0v) is 14.6. The Morgan fingerprint density at radius 3 is 2.61 bits per heavy atom. The van der Waals surface area contributed by atoms with Crippen molar-refractivity contribution in [2.45, 2.75) is 65.8 Å². The highest BCUT2D eigenvalue weighted by molar-refractivity contribution is 5.72. The third kappa shape index (κ3) is 6.99. The average molecular weight is 323 g/mol. The van der Waals surface area contributed by atoms with Crippen molar-refractivity contribution in [1.29, 1.82) is 0 Å². The molecule has 0 atom stereocenters. The number of unbranched alkanes of at least 4 members (excludes halogenated alkanes) is 4. The Morgan fingerprint density at radius 2 is 1.91 bits per heavy atom. The van der Waals surface area contributed by atoms with Crippen LogP contribution in [0.15, 0.2) is 17.1 Å². The van der Waals surface area contributed by atoms with Crippen molar-refractivity contribution in [3.63, 3.8) is 0 Å². The summed E-state index contributed by atoms with van der Waals surface area (Å²) in [5.74, 6) is -0.188. The van der Waals surface area contributed by atoms with Gasteiger partial charge in [-0.1, -0.05) is 32.6 Å². The van der Waals surface area contributed by atoms with Crippen LogP contribution in [0.4, 0.5) is 0 Å². The average Bonchev–Trinajstić information content (AvgIpc) is 2.53. The summed E-state index contributed by atoms with van der Waals surface area (Å²) in [6.45, 7) is 7.72. The van der Waals surface area contributed by atoms with Gasteiger partial charge in [-0.3, -0.25) is 9.59 Å². The van der Waals surface area contributed by atoms with E-state index in [1.165, 1.54) is 18.9 Å². The smallest absolute Gasteiger partial charge is 0.311 e. The van der Waals surface area contributed by atoms with Gasteiger partial charge in [-0.2, -0.15) is 0 Å². The number of hydrogen-bond donors (Lipinski definition) is 0. The number of ether oxygens (including phenoxy) is 2. The standard InChI is InChI=1S/C18H29NO4/c1-4-6-7-8-9-10-17(21)23-18-15(3)19(12-11-16(18)20)13-14-22-5-2/h11-12H,4-10,13-14H2,1-3H3. The van der Waals surface area contributed by atoms with Gasteiger partial charge in [0.15, 0.2) is 5.75 Å². The molecule has 0 aliphatic heterocycles. The lowest BCUT2D eigenvalue weighted by atomic mass is 10.1. The minimum Gasteiger partial charge on any atom is -0.420 e. The van der Waals surface area contributed by atoms with E-state index in [-0.39, 0.29) is 17.1 Å². The molecule has 0 unspecified atom stereocenters. The minimum absolute atomic E-state index is 0.141. The number of carbonyl (C=O) groups excluding carboxylic acids is 1. The molecule has 0 radical (unpaired) electrons. The zero-order chi connectivity index (χ0) is 17.1. The fourth-order valence-electron chi connectivity index (χ4n) is 2.37. The summed E-state index contributed by atoms with van der Waals surface area (Å²) in [6, 6.07) is 1.43. The molecule has 0 bridgehead atoms. The van der Waals surface area contributed by atoms with Gasteiger partial charge in [-0.05, 0) is 20.3 Å². The molecule has 0 aromatic carbocycles. The number of nitrogens with zero attached hydrogens (tertiary/aromatic N) is 1. The summed E-state index contributed by atoms with van der Waals surface area (Å²) in [5, 5.41) is 0. The Labute approximate surface area is 138 Å². The van der Waals surface area contributed by atoms with Crippen LogP contribution >= 0.6 is 0 Å². The van der Waals surface area contributed by atoms with Crippen molar-refractivity contribution in [3.05, 3.63) is 28.2 Å². The van der Waals surface area contributed by atoms with Crippen LogP contribution in [0.3, 0.4) is 0 Å². The molecular formula is C18H29NO4. The first-order valence-corrected chi connectivity index (χ1v) is 8.58. The van der Waals surface area contributed by atoms with Gasteiger partial charge in [0.05, 0.1) is 12.3 Å². The van der Waals surface area contributed by atoms with Crippen molar-refractivity contribution >= 4 is 5.97 Å². The van der Waals surface area contributed by atoms with Crippen LogP contribution in [0, 0.1) is 6.92 Å². The number of rotatable bonds is 11. The van der Waals surface area contributed by atoms with Gasteiger partial charge in [0.25, 0.3) is 0 Å². The lowest BCUT2D eigenvalue weighted by molar-refractivity contribution is -0.134. The van der Waals surface area contributed by atoms with Crippen LogP contribution in [-0.4, -0.2) is 23.8 Å². The van der Waals surface area contributed by atoms with E-state index in [9.17, 15) is 9.59 Å². The highest BCUT2D eigenvalue weighted by Gasteiger charge is 2.13. The molecule has 0 fully saturated rings. The van der Waals surface area contributed by atoms with Gasteiger partial charge in [0, 0.05) is 31.8 Å². The minimum atomic E-state index is -0.329. The summed E-state index contributed by atoms with van der Waals surface area (Å²) in [4.78, 5) is 23.9. The van der Waals surface area contributed by atoms with Crippen molar-refractivity contribution in [2.75, 3.05) is 13.2 Å². The highest BCUT2D eigenvalue weighted by Crippen LogP contribution is 2.14. The molecule has 0 saturated carbocycles. The molecule has 0 N–H and O–H groups in total. The van der Waals surface area contributed by atoms with E-state index < -0.39 is 0 Å². The largest absolute Gasteiger partial charge is 0.420 e. The summed E-state index contributed by atoms with van der Waals surface area (Å²) >= 11 is 0. The molecule has 5 nitrogen and oxygen atoms in total. The van der Waals surface area contributed by atoms with E-state index in [1.54, 1.807) is 13.1 Å². The lowest BCUT2D eigenvalue weighted by Crippen LogP contribution is -2.19. The van der Waals surface area contributed by atoms with Crippen molar-refractivity contribution in [2.24, 2.45) is 0 Å². The first kappa shape index (κ1) is 19.4. The monoisotopic (exact) mass is 323 g/mol. The molecule has 1 rings (SSSR count). The predicted molar refractivity (Wildman–Crippen MR) is 90.9 cm³/mol. The third-order valence-electron chi connectivity index (χ3n) is 3.77. The normalized spacial score (nSPS) is 10.7. The summed E-state index contributed by atoms with van der Waals surface area (Å²) < 4.78 is 12.5. The second kappa shape index (κ2) is 11.0. The number of pyridine rings is 1. The number of aromatic nitrogens is 1. The maximum Gasteiger partial charge on any atom is 0.311 e. The number of carbonyl (C=O) groups is 1. The molecular weight excluding hydrogens is 294 g/mol. The molecule has 0 aliphatic rings. The van der Waals surface area contributed by atoms with Crippen molar-refractivity contribution < 1.29 is 14.3 Å². The molecule has 0 aliphatic carbocycles. The SMILES string of the molecule is CCCCCCCC(=O)Oc1c(C)n(CCOCC)ccc1=O. The van der Waals surface area contributed by atoms with Crippen LogP contribution in [0.5, 0.6) is 5.75 Å². The van der Waals surface area contributed by atoms with Crippen LogP contribution in [0.2, 0.25) is 0 Å². The molecule has 1 heterocycles. The fourth-order valence-corrected chi connectivity index (χ4v) is 2.37. The quantitative estimate of drug-likeness (QED) is 0.462. The van der Waals surface area contributed by atoms with Gasteiger partial charge in [0.1, 0.15) is 0 Å². The van der Waals surface area contributed by atoms with Crippen LogP contribution in [-0.2, 0) is 16.1 Å².